The number of likely N-dealkylation sites (tertiary alicyclic amines) is 1. The van der Waals surface area contributed by atoms with E-state index in [-0.39, 0.29) is 26.2 Å². The first-order valence-corrected chi connectivity index (χ1v) is 11.1. The van der Waals surface area contributed by atoms with Crippen molar-refractivity contribution in [1.82, 2.24) is 4.90 Å². The zero-order valence-corrected chi connectivity index (χ0v) is 19.8. The molecule has 0 spiro atoms. The zero-order valence-electron chi connectivity index (χ0n) is 19.8. The van der Waals surface area contributed by atoms with Crippen LogP contribution >= 0.6 is 0 Å². The molecule has 1 aliphatic heterocycles. The highest BCUT2D eigenvalue weighted by Crippen LogP contribution is 2.51. The van der Waals surface area contributed by atoms with Crippen molar-refractivity contribution in [1.29, 1.82) is 0 Å². The van der Waals surface area contributed by atoms with Crippen LogP contribution in [0.3, 0.4) is 0 Å². The Kier molecular flexibility index (Phi) is 7.44. The van der Waals surface area contributed by atoms with Gasteiger partial charge in [-0.3, -0.25) is 9.69 Å². The Morgan fingerprint density at radius 2 is 1.47 bits per heavy atom. The predicted molar refractivity (Wildman–Crippen MR) is 127 cm³/mol. The summed E-state index contributed by atoms with van der Waals surface area (Å²) in [5.74, 6) is -1.98. The smallest absolute Gasteiger partial charge is 0.411 e. The molecular weight excluding hydrogens is 434 g/mol. The number of aliphatic carboxylic acids is 1. The lowest BCUT2D eigenvalue weighted by atomic mass is 9.57. The Bertz CT molecular complexity index is 1040. The van der Waals surface area contributed by atoms with E-state index in [1.54, 1.807) is 32.9 Å². The number of nitrogens with zero attached hydrogens (tertiary/aromatic N) is 1. The van der Waals surface area contributed by atoms with Gasteiger partial charge in [-0.25, -0.2) is 9.59 Å². The van der Waals surface area contributed by atoms with Crippen molar-refractivity contribution in [2.45, 2.75) is 46.4 Å². The number of amides is 1. The van der Waals surface area contributed by atoms with Crippen molar-refractivity contribution in [2.24, 2.45) is 10.8 Å². The topological polar surface area (TPSA) is 93.1 Å². The molecular formula is C27H31NO6. The first-order chi connectivity index (χ1) is 16.1. The fraction of sp³-hybridized carbons (Fsp3) is 0.370. The minimum absolute atomic E-state index is 0.00381. The van der Waals surface area contributed by atoms with E-state index in [1.165, 1.54) is 0 Å². The lowest BCUT2D eigenvalue weighted by molar-refractivity contribution is -0.179. The van der Waals surface area contributed by atoms with E-state index >= 15 is 0 Å². The maximum atomic E-state index is 13.5. The lowest BCUT2D eigenvalue weighted by Crippen LogP contribution is -2.66. The number of carbonyl (C=O) groups excluding carboxylic acids is 2. The molecule has 2 atom stereocenters. The van der Waals surface area contributed by atoms with Crippen molar-refractivity contribution in [3.8, 4) is 0 Å². The van der Waals surface area contributed by atoms with Crippen LogP contribution in [0.5, 0.6) is 0 Å². The minimum Gasteiger partial charge on any atom is -0.481 e. The van der Waals surface area contributed by atoms with Crippen molar-refractivity contribution in [3.05, 3.63) is 83.9 Å². The van der Waals surface area contributed by atoms with Crippen LogP contribution in [-0.4, -0.2) is 40.6 Å². The summed E-state index contributed by atoms with van der Waals surface area (Å²) >= 11 is 0. The Hall–Kier alpha value is -3.61. The number of rotatable bonds is 6. The van der Waals surface area contributed by atoms with Crippen molar-refractivity contribution in [3.63, 3.8) is 0 Å². The summed E-state index contributed by atoms with van der Waals surface area (Å²) in [5, 5.41) is 10.4. The highest BCUT2D eigenvalue weighted by molar-refractivity contribution is 5.91. The third-order valence-corrected chi connectivity index (χ3v) is 6.31. The maximum absolute atomic E-state index is 13.5. The van der Waals surface area contributed by atoms with Gasteiger partial charge < -0.3 is 14.6 Å². The van der Waals surface area contributed by atoms with Crippen LogP contribution < -0.4 is 0 Å². The number of piperidine rings is 1. The molecule has 0 radical (unpaired) electrons. The predicted octanol–water partition coefficient (Wildman–Crippen LogP) is 4.81. The van der Waals surface area contributed by atoms with Gasteiger partial charge in [0.05, 0.1) is 0 Å². The van der Waals surface area contributed by atoms with Crippen molar-refractivity contribution < 1.29 is 29.0 Å². The molecule has 0 aliphatic carbocycles. The van der Waals surface area contributed by atoms with Gasteiger partial charge in [0.15, 0.2) is 0 Å². The van der Waals surface area contributed by atoms with Crippen LogP contribution in [0.25, 0.3) is 0 Å². The SMILES string of the molecule is C=C1CN(C(=O)OCc2ccccc2)[C@H](C(=O)OCc2ccccc2)[C@@](C(=O)O)(C(C)(C)C)C1. The molecule has 180 valence electrons. The van der Waals surface area contributed by atoms with Crippen LogP contribution in [0.2, 0.25) is 0 Å². The second-order valence-corrected chi connectivity index (χ2v) is 9.62. The van der Waals surface area contributed by atoms with Gasteiger partial charge in [0.2, 0.25) is 0 Å². The van der Waals surface area contributed by atoms with Crippen LogP contribution in [0, 0.1) is 10.8 Å². The molecule has 3 rings (SSSR count). The van der Waals surface area contributed by atoms with Gasteiger partial charge >= 0.3 is 18.0 Å². The molecule has 0 saturated carbocycles. The van der Waals surface area contributed by atoms with Gasteiger partial charge in [-0.05, 0) is 23.0 Å². The van der Waals surface area contributed by atoms with E-state index in [0.717, 1.165) is 16.0 Å². The Balaban J connectivity index is 1.95. The number of carboxylic acids is 1. The lowest BCUT2D eigenvalue weighted by Gasteiger charge is -2.52. The average molecular weight is 466 g/mol. The zero-order chi connectivity index (χ0) is 24.9. The number of hydrogen-bond donors (Lipinski definition) is 1. The number of carbonyl (C=O) groups is 3. The molecule has 1 heterocycles. The molecule has 1 aliphatic rings. The molecule has 7 nitrogen and oxygen atoms in total. The fourth-order valence-corrected chi connectivity index (χ4v) is 4.44. The van der Waals surface area contributed by atoms with E-state index in [2.05, 4.69) is 6.58 Å². The number of benzene rings is 2. The van der Waals surface area contributed by atoms with Gasteiger partial charge in [-0.2, -0.15) is 0 Å². The molecule has 7 heteroatoms. The summed E-state index contributed by atoms with van der Waals surface area (Å²) in [6.07, 6.45) is -0.749. The Morgan fingerprint density at radius 1 is 0.971 bits per heavy atom. The van der Waals surface area contributed by atoms with Gasteiger partial charge in [0, 0.05) is 6.54 Å². The molecule has 1 saturated heterocycles. The summed E-state index contributed by atoms with van der Waals surface area (Å²) in [6, 6.07) is 16.8. The monoisotopic (exact) mass is 465 g/mol. The highest BCUT2D eigenvalue weighted by Gasteiger charge is 2.63. The Labute approximate surface area is 200 Å². The third kappa shape index (κ3) is 5.14. The molecule has 0 aromatic heterocycles. The molecule has 34 heavy (non-hydrogen) atoms. The quantitative estimate of drug-likeness (QED) is 0.486. The molecule has 2 aromatic rings. The summed E-state index contributed by atoms with van der Waals surface area (Å²) in [6.45, 7) is 9.16. The fourth-order valence-electron chi connectivity index (χ4n) is 4.44. The van der Waals surface area contributed by atoms with Gasteiger partial charge in [0.25, 0.3) is 0 Å². The second kappa shape index (κ2) is 10.1. The Morgan fingerprint density at radius 3 is 1.94 bits per heavy atom. The van der Waals surface area contributed by atoms with Crippen LogP contribution in [0.1, 0.15) is 38.3 Å². The van der Waals surface area contributed by atoms with Gasteiger partial charge in [-0.1, -0.05) is 93.6 Å². The largest absolute Gasteiger partial charge is 0.481 e. The van der Waals surface area contributed by atoms with E-state index in [4.69, 9.17) is 9.47 Å². The maximum Gasteiger partial charge on any atom is 0.411 e. The normalized spacial score (nSPS) is 20.5. The molecule has 0 unspecified atom stereocenters. The average Bonchev–Trinajstić information content (AvgIpc) is 2.80. The summed E-state index contributed by atoms with van der Waals surface area (Å²) < 4.78 is 11.1. The van der Waals surface area contributed by atoms with Gasteiger partial charge in [0.1, 0.15) is 24.7 Å². The summed E-state index contributed by atoms with van der Waals surface area (Å²) in [4.78, 5) is 40.6. The van der Waals surface area contributed by atoms with Gasteiger partial charge in [-0.15, -0.1) is 0 Å². The first kappa shape index (κ1) is 25.0. The molecule has 1 amide bonds. The van der Waals surface area contributed by atoms with E-state index < -0.39 is 34.9 Å². The summed E-state index contributed by atoms with van der Waals surface area (Å²) in [7, 11) is 0. The van der Waals surface area contributed by atoms with E-state index in [1.807, 2.05) is 48.5 Å². The molecule has 0 bridgehead atoms. The number of ether oxygens (including phenoxy) is 2. The number of carboxylic acid groups (broad SMARTS) is 1. The van der Waals surface area contributed by atoms with Crippen LogP contribution in [0.4, 0.5) is 4.79 Å². The van der Waals surface area contributed by atoms with Crippen LogP contribution in [0.15, 0.2) is 72.8 Å². The second-order valence-electron chi connectivity index (χ2n) is 9.62. The van der Waals surface area contributed by atoms with Crippen molar-refractivity contribution in [2.75, 3.05) is 6.54 Å². The van der Waals surface area contributed by atoms with E-state index in [0.29, 0.717) is 5.57 Å². The molecule has 1 N–H and O–H groups in total. The number of esters is 1. The van der Waals surface area contributed by atoms with E-state index in [9.17, 15) is 19.5 Å². The third-order valence-electron chi connectivity index (χ3n) is 6.31. The van der Waals surface area contributed by atoms with Crippen molar-refractivity contribution >= 4 is 18.0 Å². The standard InChI is InChI=1S/C27H31NO6/c1-19-15-27(24(30)31,26(2,3)4)22(23(29)33-17-20-11-7-5-8-12-20)28(16-19)25(32)34-18-21-13-9-6-10-14-21/h5-14,22H,1,15-18H2,2-4H3,(H,30,31)/t22-,27+/m1/s1. The first-order valence-electron chi connectivity index (χ1n) is 11.1. The molecule has 2 aromatic carbocycles. The highest BCUT2D eigenvalue weighted by atomic mass is 16.6. The van der Waals surface area contributed by atoms with Crippen LogP contribution in [-0.2, 0) is 32.3 Å². The number of hydrogen-bond acceptors (Lipinski definition) is 5. The minimum atomic E-state index is -1.65. The summed E-state index contributed by atoms with van der Waals surface area (Å²) in [5.41, 5.74) is -0.499. The molecule has 1 fully saturated rings.